The van der Waals surface area contributed by atoms with Gasteiger partial charge in [0.05, 0.1) is 0 Å². The summed E-state index contributed by atoms with van der Waals surface area (Å²) >= 11 is 12.6. The quantitative estimate of drug-likeness (QED) is 0.635. The van der Waals surface area contributed by atoms with E-state index < -0.39 is 0 Å². The average molecular weight is 215 g/mol. The zero-order valence-corrected chi connectivity index (χ0v) is 9.30. The molecule has 0 fully saturated rings. The van der Waals surface area contributed by atoms with Crippen LogP contribution < -0.4 is 0 Å². The lowest BCUT2D eigenvalue weighted by molar-refractivity contribution is 1.27. The highest BCUT2D eigenvalue weighted by Crippen LogP contribution is 2.14. The Morgan fingerprint density at radius 2 is 1.42 bits per heavy atom. The predicted octanol–water partition coefficient (Wildman–Crippen LogP) is 2.78. The highest BCUT2D eigenvalue weighted by atomic mass is 32.1. The van der Waals surface area contributed by atoms with Crippen molar-refractivity contribution in [2.24, 2.45) is 0 Å². The molecule has 0 aliphatic heterocycles. The van der Waals surface area contributed by atoms with E-state index in [9.17, 15) is 0 Å². The van der Waals surface area contributed by atoms with Gasteiger partial charge in [-0.1, -0.05) is 12.1 Å². The Bertz CT molecular complexity index is 203. The summed E-state index contributed by atoms with van der Waals surface area (Å²) in [6.07, 6.45) is 0. The van der Waals surface area contributed by atoms with Crippen molar-refractivity contribution in [1.29, 1.82) is 0 Å². The molecule has 0 nitrogen and oxygen atoms in total. The molecule has 1 rings (SSSR count). The van der Waals surface area contributed by atoms with Gasteiger partial charge in [0.25, 0.3) is 0 Å². The molecule has 0 N–H and O–H groups in total. The van der Waals surface area contributed by atoms with E-state index in [0.29, 0.717) is 0 Å². The molecule has 65 valence electrons. The second kappa shape index (κ2) is 5.10. The van der Waals surface area contributed by atoms with Gasteiger partial charge in [0.15, 0.2) is 0 Å². The molecule has 0 amide bonds. The van der Waals surface area contributed by atoms with Crippen LogP contribution in [0.3, 0.4) is 0 Å². The molecule has 0 heterocycles. The lowest BCUT2D eigenvalue weighted by atomic mass is 10.1. The fourth-order valence-corrected chi connectivity index (χ4v) is 1.55. The summed E-state index contributed by atoms with van der Waals surface area (Å²) < 4.78 is 0. The highest BCUT2D eigenvalue weighted by Gasteiger charge is 1.98. The van der Waals surface area contributed by atoms with Crippen LogP contribution in [0.4, 0.5) is 0 Å². The Balaban J connectivity index is 3.01. The molecular weight excluding hydrogens is 204 g/mol. The van der Waals surface area contributed by atoms with E-state index >= 15 is 0 Å². The first-order chi connectivity index (χ1) is 5.80. The third-order valence-electron chi connectivity index (χ3n) is 1.56. The zero-order chi connectivity index (χ0) is 8.97. The SMILES string of the molecule is SCc1[c]c(CS)cc(CS)c1. The molecule has 1 aromatic carbocycles. The van der Waals surface area contributed by atoms with Crippen LogP contribution in [0.25, 0.3) is 0 Å². The summed E-state index contributed by atoms with van der Waals surface area (Å²) in [6.45, 7) is 0. The third kappa shape index (κ3) is 2.64. The van der Waals surface area contributed by atoms with Crippen LogP contribution in [0.1, 0.15) is 16.7 Å². The summed E-state index contributed by atoms with van der Waals surface area (Å²) in [4.78, 5) is 0. The van der Waals surface area contributed by atoms with Gasteiger partial charge < -0.3 is 0 Å². The van der Waals surface area contributed by atoms with E-state index in [2.05, 4.69) is 56.1 Å². The van der Waals surface area contributed by atoms with Gasteiger partial charge in [0.1, 0.15) is 0 Å². The minimum Gasteiger partial charge on any atom is -0.175 e. The normalized spacial score (nSPS) is 10.2. The van der Waals surface area contributed by atoms with Crippen molar-refractivity contribution in [3.05, 3.63) is 34.9 Å². The Labute approximate surface area is 90.0 Å². The summed E-state index contributed by atoms with van der Waals surface area (Å²) in [7, 11) is 0. The van der Waals surface area contributed by atoms with E-state index in [1.165, 1.54) is 5.56 Å². The van der Waals surface area contributed by atoms with E-state index in [1.807, 2.05) is 0 Å². The van der Waals surface area contributed by atoms with Gasteiger partial charge in [0, 0.05) is 17.3 Å². The summed E-state index contributed by atoms with van der Waals surface area (Å²) in [5, 5.41) is 0. The molecule has 0 saturated heterocycles. The Morgan fingerprint density at radius 3 is 1.75 bits per heavy atom. The smallest absolute Gasteiger partial charge is 0.0160 e. The van der Waals surface area contributed by atoms with Crippen LogP contribution in [-0.4, -0.2) is 0 Å². The summed E-state index contributed by atoms with van der Waals surface area (Å²) in [6, 6.07) is 7.38. The van der Waals surface area contributed by atoms with Crippen molar-refractivity contribution in [2.45, 2.75) is 17.3 Å². The second-order valence-electron chi connectivity index (χ2n) is 2.51. The maximum Gasteiger partial charge on any atom is 0.0160 e. The lowest BCUT2D eigenvalue weighted by Crippen LogP contribution is -1.88. The molecule has 0 spiro atoms. The van der Waals surface area contributed by atoms with Gasteiger partial charge in [-0.2, -0.15) is 37.9 Å². The van der Waals surface area contributed by atoms with Crippen molar-refractivity contribution >= 4 is 37.9 Å². The Hall–Kier alpha value is 0.270. The van der Waals surface area contributed by atoms with Crippen LogP contribution in [0.15, 0.2) is 12.1 Å². The number of hydrogen-bond donors (Lipinski definition) is 3. The largest absolute Gasteiger partial charge is 0.175 e. The topological polar surface area (TPSA) is 0 Å². The maximum absolute atomic E-state index is 4.22. The molecule has 3 heteroatoms. The van der Waals surface area contributed by atoms with Gasteiger partial charge in [-0.25, -0.2) is 0 Å². The van der Waals surface area contributed by atoms with E-state index in [0.717, 1.165) is 28.4 Å². The van der Waals surface area contributed by atoms with Gasteiger partial charge in [-0.3, -0.25) is 0 Å². The van der Waals surface area contributed by atoms with Crippen molar-refractivity contribution in [3.8, 4) is 0 Å². The zero-order valence-electron chi connectivity index (χ0n) is 6.62. The highest BCUT2D eigenvalue weighted by molar-refractivity contribution is 7.79. The standard InChI is InChI=1S/C9H11S3/c10-4-7-1-8(5-11)3-9(2-7)6-12/h1-2,10-12H,4-6H2. The van der Waals surface area contributed by atoms with E-state index in [4.69, 9.17) is 0 Å². The average Bonchev–Trinajstić information content (AvgIpc) is 2.16. The number of benzene rings is 1. The Kier molecular flexibility index (Phi) is 4.40. The monoisotopic (exact) mass is 215 g/mol. The van der Waals surface area contributed by atoms with Crippen LogP contribution in [-0.2, 0) is 17.3 Å². The first kappa shape index (κ1) is 10.4. The van der Waals surface area contributed by atoms with Gasteiger partial charge in [-0.15, -0.1) is 0 Å². The number of thiol groups is 3. The second-order valence-corrected chi connectivity index (χ2v) is 3.46. The molecule has 0 unspecified atom stereocenters. The molecule has 1 radical (unpaired) electrons. The van der Waals surface area contributed by atoms with Crippen molar-refractivity contribution in [2.75, 3.05) is 0 Å². The Morgan fingerprint density at radius 1 is 0.917 bits per heavy atom. The molecule has 0 aliphatic carbocycles. The van der Waals surface area contributed by atoms with Gasteiger partial charge in [-0.05, 0) is 22.8 Å². The fourth-order valence-electron chi connectivity index (χ4n) is 1.03. The molecule has 12 heavy (non-hydrogen) atoms. The molecule has 0 aliphatic rings. The molecular formula is C9H11S3. The molecule has 1 aromatic rings. The first-order valence-corrected chi connectivity index (χ1v) is 5.56. The summed E-state index contributed by atoms with van der Waals surface area (Å²) in [5.74, 6) is 2.21. The van der Waals surface area contributed by atoms with E-state index in [1.54, 1.807) is 0 Å². The van der Waals surface area contributed by atoms with Gasteiger partial charge in [0.2, 0.25) is 0 Å². The number of rotatable bonds is 3. The van der Waals surface area contributed by atoms with Crippen molar-refractivity contribution < 1.29 is 0 Å². The van der Waals surface area contributed by atoms with Gasteiger partial charge >= 0.3 is 0 Å². The molecule has 0 bridgehead atoms. The van der Waals surface area contributed by atoms with Crippen LogP contribution in [0.2, 0.25) is 0 Å². The minimum absolute atomic E-state index is 0.725. The van der Waals surface area contributed by atoms with Crippen molar-refractivity contribution in [3.63, 3.8) is 0 Å². The third-order valence-corrected chi connectivity index (χ3v) is 2.61. The molecule has 0 saturated carbocycles. The van der Waals surface area contributed by atoms with Crippen LogP contribution in [0.5, 0.6) is 0 Å². The van der Waals surface area contributed by atoms with E-state index in [-0.39, 0.29) is 0 Å². The number of hydrogen-bond acceptors (Lipinski definition) is 3. The van der Waals surface area contributed by atoms with Crippen molar-refractivity contribution in [1.82, 2.24) is 0 Å². The maximum atomic E-state index is 4.22. The minimum atomic E-state index is 0.725. The molecule has 0 aromatic heterocycles. The van der Waals surface area contributed by atoms with Crippen LogP contribution >= 0.6 is 37.9 Å². The predicted molar refractivity (Wildman–Crippen MR) is 63.3 cm³/mol. The summed E-state index contributed by atoms with van der Waals surface area (Å²) in [5.41, 5.74) is 3.45. The first-order valence-electron chi connectivity index (χ1n) is 3.66. The molecule has 0 atom stereocenters. The van der Waals surface area contributed by atoms with Crippen LogP contribution in [0, 0.1) is 6.07 Å². The fraction of sp³-hybridized carbons (Fsp3) is 0.333. The lowest BCUT2D eigenvalue weighted by Gasteiger charge is -2.03.